The minimum absolute atomic E-state index is 0.151. The second-order valence-electron chi connectivity index (χ2n) is 5.80. The van der Waals surface area contributed by atoms with Crippen LogP contribution in [0.3, 0.4) is 0 Å². The van der Waals surface area contributed by atoms with Crippen LogP contribution in [0, 0.1) is 0 Å². The molecule has 1 saturated heterocycles. The first-order valence-electron chi connectivity index (χ1n) is 8.08. The molecular weight excluding hydrogens is 344 g/mol. The van der Waals surface area contributed by atoms with Gasteiger partial charge in [0.2, 0.25) is 5.91 Å². The van der Waals surface area contributed by atoms with Crippen LogP contribution >= 0.6 is 11.6 Å². The van der Waals surface area contributed by atoms with Crippen LogP contribution in [-0.4, -0.2) is 46.4 Å². The highest BCUT2D eigenvalue weighted by Gasteiger charge is 2.19. The SMILES string of the molecule is O=C(CNC(=O)c1cn(C2CCNCC2)nn1)Nc1ccc(Cl)cc1. The summed E-state index contributed by atoms with van der Waals surface area (Å²) in [4.78, 5) is 24.0. The number of halogens is 1. The van der Waals surface area contributed by atoms with Gasteiger partial charge in [-0.3, -0.25) is 9.59 Å². The number of rotatable bonds is 5. The fourth-order valence-electron chi connectivity index (χ4n) is 2.62. The lowest BCUT2D eigenvalue weighted by Gasteiger charge is -2.22. The fraction of sp³-hybridized carbons (Fsp3) is 0.375. The third-order valence-electron chi connectivity index (χ3n) is 3.96. The third kappa shape index (κ3) is 4.77. The van der Waals surface area contributed by atoms with Gasteiger partial charge in [0.05, 0.1) is 18.8 Å². The molecule has 2 aromatic rings. The molecule has 1 aliphatic rings. The van der Waals surface area contributed by atoms with Gasteiger partial charge in [-0.1, -0.05) is 16.8 Å². The summed E-state index contributed by atoms with van der Waals surface area (Å²) in [5, 5.41) is 17.0. The van der Waals surface area contributed by atoms with Gasteiger partial charge in [-0.15, -0.1) is 5.10 Å². The summed E-state index contributed by atoms with van der Waals surface area (Å²) in [6.45, 7) is 1.70. The zero-order valence-corrected chi connectivity index (χ0v) is 14.3. The molecule has 0 unspecified atom stereocenters. The highest BCUT2D eigenvalue weighted by molar-refractivity contribution is 6.30. The second-order valence-corrected chi connectivity index (χ2v) is 6.24. The lowest BCUT2D eigenvalue weighted by molar-refractivity contribution is -0.115. The van der Waals surface area contributed by atoms with Crippen molar-refractivity contribution in [1.82, 2.24) is 25.6 Å². The van der Waals surface area contributed by atoms with Crippen LogP contribution in [0.2, 0.25) is 5.02 Å². The Hall–Kier alpha value is -2.45. The van der Waals surface area contributed by atoms with E-state index >= 15 is 0 Å². The first-order valence-corrected chi connectivity index (χ1v) is 8.46. The standard InChI is InChI=1S/C16H19ClN6O2/c17-11-1-3-12(4-2-11)20-15(24)9-19-16(25)14-10-23(22-21-14)13-5-7-18-8-6-13/h1-4,10,13,18H,5-9H2,(H,19,25)(H,20,24). The Morgan fingerprint density at radius 1 is 1.24 bits per heavy atom. The van der Waals surface area contributed by atoms with E-state index in [9.17, 15) is 9.59 Å². The summed E-state index contributed by atoms with van der Waals surface area (Å²) in [7, 11) is 0. The van der Waals surface area contributed by atoms with Crippen molar-refractivity contribution in [3.05, 3.63) is 41.2 Å². The number of carbonyl (C=O) groups excluding carboxylic acids is 2. The van der Waals surface area contributed by atoms with Gasteiger partial charge >= 0.3 is 0 Å². The fourth-order valence-corrected chi connectivity index (χ4v) is 2.75. The van der Waals surface area contributed by atoms with Crippen molar-refractivity contribution in [1.29, 1.82) is 0 Å². The predicted octanol–water partition coefficient (Wildman–Crippen LogP) is 1.22. The molecule has 0 saturated carbocycles. The molecule has 9 heteroatoms. The zero-order valence-electron chi connectivity index (χ0n) is 13.5. The van der Waals surface area contributed by atoms with Crippen molar-refractivity contribution in [2.24, 2.45) is 0 Å². The number of piperidine rings is 1. The zero-order chi connectivity index (χ0) is 17.6. The van der Waals surface area contributed by atoms with E-state index in [4.69, 9.17) is 11.6 Å². The van der Waals surface area contributed by atoms with Crippen molar-refractivity contribution in [2.45, 2.75) is 18.9 Å². The molecule has 2 heterocycles. The van der Waals surface area contributed by atoms with Crippen molar-refractivity contribution < 1.29 is 9.59 Å². The number of hydrogen-bond acceptors (Lipinski definition) is 5. The number of nitrogens with one attached hydrogen (secondary N) is 3. The molecule has 3 rings (SSSR count). The van der Waals surface area contributed by atoms with E-state index in [1.807, 2.05) is 0 Å². The Morgan fingerprint density at radius 2 is 1.96 bits per heavy atom. The molecule has 0 aliphatic carbocycles. The molecule has 0 atom stereocenters. The Labute approximate surface area is 149 Å². The smallest absolute Gasteiger partial charge is 0.273 e. The largest absolute Gasteiger partial charge is 0.342 e. The number of carbonyl (C=O) groups is 2. The van der Waals surface area contributed by atoms with Crippen LogP contribution in [0.15, 0.2) is 30.5 Å². The Balaban J connectivity index is 1.49. The summed E-state index contributed by atoms with van der Waals surface area (Å²) in [5.74, 6) is -0.757. The molecule has 8 nitrogen and oxygen atoms in total. The van der Waals surface area contributed by atoms with Crippen molar-refractivity contribution in [3.63, 3.8) is 0 Å². The molecule has 25 heavy (non-hydrogen) atoms. The number of amides is 2. The van der Waals surface area contributed by atoms with E-state index in [0.717, 1.165) is 25.9 Å². The number of anilines is 1. The number of nitrogens with zero attached hydrogens (tertiary/aromatic N) is 3. The van der Waals surface area contributed by atoms with E-state index in [1.165, 1.54) is 0 Å². The van der Waals surface area contributed by atoms with Crippen molar-refractivity contribution in [3.8, 4) is 0 Å². The van der Waals surface area contributed by atoms with Gasteiger partial charge in [-0.25, -0.2) is 4.68 Å². The average molecular weight is 363 g/mol. The molecule has 3 N–H and O–H groups in total. The quantitative estimate of drug-likeness (QED) is 0.742. The van der Waals surface area contributed by atoms with Gasteiger partial charge < -0.3 is 16.0 Å². The molecule has 2 amide bonds. The van der Waals surface area contributed by atoms with Crippen LogP contribution in [0.1, 0.15) is 29.4 Å². The summed E-state index contributed by atoms with van der Waals surface area (Å²) in [6.07, 6.45) is 3.53. The van der Waals surface area contributed by atoms with Gasteiger partial charge in [0, 0.05) is 10.7 Å². The van der Waals surface area contributed by atoms with Gasteiger partial charge in [0.25, 0.3) is 5.91 Å². The van der Waals surface area contributed by atoms with E-state index in [1.54, 1.807) is 35.1 Å². The van der Waals surface area contributed by atoms with E-state index < -0.39 is 5.91 Å². The molecule has 1 aromatic carbocycles. The van der Waals surface area contributed by atoms with Crippen molar-refractivity contribution in [2.75, 3.05) is 25.0 Å². The third-order valence-corrected chi connectivity index (χ3v) is 4.22. The Kier molecular flexibility index (Phi) is 5.62. The maximum Gasteiger partial charge on any atom is 0.273 e. The molecule has 132 valence electrons. The summed E-state index contributed by atoms with van der Waals surface area (Å²) < 4.78 is 1.73. The topological polar surface area (TPSA) is 101 Å². The minimum atomic E-state index is -0.425. The minimum Gasteiger partial charge on any atom is -0.342 e. The molecule has 1 aliphatic heterocycles. The molecular formula is C16H19ClN6O2. The molecule has 0 spiro atoms. The van der Waals surface area contributed by atoms with E-state index in [-0.39, 0.29) is 24.2 Å². The highest BCUT2D eigenvalue weighted by Crippen LogP contribution is 2.17. The average Bonchev–Trinajstić information content (AvgIpc) is 3.13. The maximum atomic E-state index is 12.1. The summed E-state index contributed by atoms with van der Waals surface area (Å²) >= 11 is 5.79. The van der Waals surface area contributed by atoms with Crippen LogP contribution in [0.4, 0.5) is 5.69 Å². The highest BCUT2D eigenvalue weighted by atomic mass is 35.5. The first-order chi connectivity index (χ1) is 12.1. The Bertz CT molecular complexity index is 739. The van der Waals surface area contributed by atoms with E-state index in [2.05, 4.69) is 26.3 Å². The Morgan fingerprint density at radius 3 is 2.68 bits per heavy atom. The molecule has 1 fully saturated rings. The summed E-state index contributed by atoms with van der Waals surface area (Å²) in [5.41, 5.74) is 0.818. The molecule has 0 bridgehead atoms. The van der Waals surface area contributed by atoms with Gasteiger partial charge in [0.1, 0.15) is 0 Å². The first kappa shape index (κ1) is 17.4. The second kappa shape index (κ2) is 8.09. The van der Waals surface area contributed by atoms with Gasteiger partial charge in [0.15, 0.2) is 5.69 Å². The monoisotopic (exact) mass is 362 g/mol. The normalized spacial score (nSPS) is 14.9. The summed E-state index contributed by atoms with van der Waals surface area (Å²) in [6, 6.07) is 6.98. The van der Waals surface area contributed by atoms with Crippen LogP contribution in [0.5, 0.6) is 0 Å². The lowest BCUT2D eigenvalue weighted by Crippen LogP contribution is -2.33. The lowest BCUT2D eigenvalue weighted by atomic mass is 10.1. The van der Waals surface area contributed by atoms with Crippen molar-refractivity contribution >= 4 is 29.1 Å². The number of benzene rings is 1. The molecule has 0 radical (unpaired) electrons. The van der Waals surface area contributed by atoms with Gasteiger partial charge in [-0.05, 0) is 50.2 Å². The molecule has 1 aromatic heterocycles. The van der Waals surface area contributed by atoms with Crippen LogP contribution < -0.4 is 16.0 Å². The maximum absolute atomic E-state index is 12.1. The predicted molar refractivity (Wildman–Crippen MR) is 93.6 cm³/mol. The van der Waals surface area contributed by atoms with Crippen LogP contribution in [0.25, 0.3) is 0 Å². The van der Waals surface area contributed by atoms with E-state index in [0.29, 0.717) is 10.7 Å². The number of aromatic nitrogens is 3. The number of hydrogen-bond donors (Lipinski definition) is 3. The van der Waals surface area contributed by atoms with Gasteiger partial charge in [-0.2, -0.15) is 0 Å². The van der Waals surface area contributed by atoms with Crippen LogP contribution in [-0.2, 0) is 4.79 Å².